The van der Waals surface area contributed by atoms with Crippen LogP contribution in [0.3, 0.4) is 0 Å². The zero-order valence-electron chi connectivity index (χ0n) is 11.5. The monoisotopic (exact) mass is 267 g/mol. The standard InChI is InChI=1S/C15H25NOS/c1-3-16(4-2)11-8-12-18-13-15(17)14-9-6-5-7-10-14/h5-7,9-10,15,17H,3-4,8,11-13H2,1-2H3. The fourth-order valence-electron chi connectivity index (χ4n) is 1.90. The van der Waals surface area contributed by atoms with Crippen LogP contribution < -0.4 is 0 Å². The van der Waals surface area contributed by atoms with Gasteiger partial charge >= 0.3 is 0 Å². The number of aliphatic hydroxyl groups is 1. The molecule has 1 aromatic carbocycles. The van der Waals surface area contributed by atoms with E-state index in [4.69, 9.17) is 0 Å². The summed E-state index contributed by atoms with van der Waals surface area (Å²) in [6.07, 6.45) is 0.873. The summed E-state index contributed by atoms with van der Waals surface area (Å²) in [5, 5.41) is 9.99. The smallest absolute Gasteiger partial charge is 0.0880 e. The molecule has 3 heteroatoms. The Labute approximate surface area is 115 Å². The van der Waals surface area contributed by atoms with Gasteiger partial charge in [0.05, 0.1) is 6.10 Å². The van der Waals surface area contributed by atoms with Gasteiger partial charge in [-0.05, 0) is 37.4 Å². The molecule has 0 heterocycles. The first-order valence-corrected chi connectivity index (χ1v) is 7.96. The minimum absolute atomic E-state index is 0.329. The highest BCUT2D eigenvalue weighted by molar-refractivity contribution is 7.99. The van der Waals surface area contributed by atoms with E-state index in [0.29, 0.717) is 0 Å². The Hall–Kier alpha value is -0.510. The molecule has 0 aromatic heterocycles. The van der Waals surface area contributed by atoms with E-state index in [0.717, 1.165) is 30.2 Å². The van der Waals surface area contributed by atoms with Crippen LogP contribution in [-0.4, -0.2) is 41.1 Å². The van der Waals surface area contributed by atoms with E-state index in [-0.39, 0.29) is 6.10 Å². The van der Waals surface area contributed by atoms with Crippen molar-refractivity contribution in [2.45, 2.75) is 26.4 Å². The Kier molecular flexibility index (Phi) is 8.14. The van der Waals surface area contributed by atoms with E-state index >= 15 is 0 Å². The molecule has 0 aliphatic rings. The number of benzene rings is 1. The summed E-state index contributed by atoms with van der Waals surface area (Å²) >= 11 is 1.84. The van der Waals surface area contributed by atoms with Gasteiger partial charge in [0, 0.05) is 5.75 Å². The van der Waals surface area contributed by atoms with E-state index in [1.54, 1.807) is 0 Å². The molecule has 1 atom stereocenters. The van der Waals surface area contributed by atoms with Crippen LogP contribution in [0.4, 0.5) is 0 Å². The van der Waals surface area contributed by atoms with Crippen LogP contribution in [-0.2, 0) is 0 Å². The summed E-state index contributed by atoms with van der Waals surface area (Å²) in [6, 6.07) is 9.91. The number of rotatable bonds is 9. The lowest BCUT2D eigenvalue weighted by Gasteiger charge is -2.17. The van der Waals surface area contributed by atoms with Crippen molar-refractivity contribution in [3.63, 3.8) is 0 Å². The van der Waals surface area contributed by atoms with Crippen molar-refractivity contribution in [1.82, 2.24) is 4.90 Å². The molecule has 1 rings (SSSR count). The Bertz CT molecular complexity index is 301. The van der Waals surface area contributed by atoms with Crippen LogP contribution in [0, 0.1) is 0 Å². The van der Waals surface area contributed by atoms with Gasteiger partial charge in [-0.1, -0.05) is 44.2 Å². The minimum atomic E-state index is -0.329. The normalized spacial score (nSPS) is 12.9. The predicted octanol–water partition coefficient (Wildman–Crippen LogP) is 3.19. The molecule has 1 unspecified atom stereocenters. The zero-order valence-corrected chi connectivity index (χ0v) is 12.3. The summed E-state index contributed by atoms with van der Waals surface area (Å²) in [4.78, 5) is 2.44. The number of nitrogens with zero attached hydrogens (tertiary/aromatic N) is 1. The van der Waals surface area contributed by atoms with Gasteiger partial charge in [0.15, 0.2) is 0 Å². The summed E-state index contributed by atoms with van der Waals surface area (Å²) < 4.78 is 0. The fraction of sp³-hybridized carbons (Fsp3) is 0.600. The minimum Gasteiger partial charge on any atom is -0.388 e. The van der Waals surface area contributed by atoms with Crippen molar-refractivity contribution in [3.05, 3.63) is 35.9 Å². The van der Waals surface area contributed by atoms with Gasteiger partial charge in [0.1, 0.15) is 0 Å². The first-order chi connectivity index (χ1) is 8.77. The maximum Gasteiger partial charge on any atom is 0.0880 e. The third-order valence-corrected chi connectivity index (χ3v) is 4.25. The highest BCUT2D eigenvalue weighted by atomic mass is 32.2. The van der Waals surface area contributed by atoms with E-state index in [2.05, 4.69) is 18.7 Å². The molecule has 0 saturated carbocycles. The van der Waals surface area contributed by atoms with Crippen molar-refractivity contribution in [3.8, 4) is 0 Å². The fourth-order valence-corrected chi connectivity index (χ4v) is 2.81. The van der Waals surface area contributed by atoms with Crippen molar-refractivity contribution < 1.29 is 5.11 Å². The second-order valence-corrected chi connectivity index (χ2v) is 5.53. The number of hydrogen-bond acceptors (Lipinski definition) is 3. The number of thioether (sulfide) groups is 1. The molecule has 0 saturated heterocycles. The van der Waals surface area contributed by atoms with Gasteiger partial charge in [-0.3, -0.25) is 0 Å². The van der Waals surface area contributed by atoms with Gasteiger partial charge < -0.3 is 10.0 Å². The molecule has 18 heavy (non-hydrogen) atoms. The zero-order chi connectivity index (χ0) is 13.2. The molecule has 102 valence electrons. The maximum absolute atomic E-state index is 9.99. The molecule has 0 amide bonds. The third kappa shape index (κ3) is 5.89. The van der Waals surface area contributed by atoms with Crippen molar-refractivity contribution in [1.29, 1.82) is 0 Å². The Balaban J connectivity index is 2.11. The molecular weight excluding hydrogens is 242 g/mol. The average Bonchev–Trinajstić information content (AvgIpc) is 2.43. The molecule has 0 aliphatic heterocycles. The maximum atomic E-state index is 9.99. The Morgan fingerprint density at radius 2 is 1.83 bits per heavy atom. The first-order valence-electron chi connectivity index (χ1n) is 6.81. The molecule has 1 aromatic rings. The van der Waals surface area contributed by atoms with E-state index in [9.17, 15) is 5.11 Å². The number of aliphatic hydroxyl groups excluding tert-OH is 1. The predicted molar refractivity (Wildman–Crippen MR) is 81.1 cm³/mol. The summed E-state index contributed by atoms with van der Waals surface area (Å²) in [7, 11) is 0. The first kappa shape index (κ1) is 15.5. The Morgan fingerprint density at radius 1 is 1.17 bits per heavy atom. The topological polar surface area (TPSA) is 23.5 Å². The second kappa shape index (κ2) is 9.42. The Morgan fingerprint density at radius 3 is 2.44 bits per heavy atom. The van der Waals surface area contributed by atoms with E-state index < -0.39 is 0 Å². The molecule has 0 spiro atoms. The SMILES string of the molecule is CCN(CC)CCCSCC(O)c1ccccc1. The third-order valence-electron chi connectivity index (χ3n) is 3.12. The lowest BCUT2D eigenvalue weighted by molar-refractivity contribution is 0.204. The van der Waals surface area contributed by atoms with Crippen LogP contribution in [0.15, 0.2) is 30.3 Å². The quantitative estimate of drug-likeness (QED) is 0.695. The second-order valence-electron chi connectivity index (χ2n) is 4.38. The average molecular weight is 267 g/mol. The largest absolute Gasteiger partial charge is 0.388 e. The van der Waals surface area contributed by atoms with Crippen molar-refractivity contribution in [2.75, 3.05) is 31.1 Å². The molecule has 1 N–H and O–H groups in total. The molecular formula is C15H25NOS. The van der Waals surface area contributed by atoms with Gasteiger partial charge in [-0.25, -0.2) is 0 Å². The molecule has 0 aliphatic carbocycles. The van der Waals surface area contributed by atoms with Gasteiger partial charge in [0.2, 0.25) is 0 Å². The molecule has 0 fully saturated rings. The van der Waals surface area contributed by atoms with Crippen LogP contribution in [0.2, 0.25) is 0 Å². The highest BCUT2D eigenvalue weighted by Crippen LogP contribution is 2.18. The van der Waals surface area contributed by atoms with Gasteiger partial charge in [-0.15, -0.1) is 0 Å². The van der Waals surface area contributed by atoms with E-state index in [1.807, 2.05) is 42.1 Å². The molecule has 0 radical (unpaired) electrons. The van der Waals surface area contributed by atoms with Crippen LogP contribution in [0.25, 0.3) is 0 Å². The summed E-state index contributed by atoms with van der Waals surface area (Å²) in [5.41, 5.74) is 1.02. The van der Waals surface area contributed by atoms with Gasteiger partial charge in [0.25, 0.3) is 0 Å². The lowest BCUT2D eigenvalue weighted by Crippen LogP contribution is -2.24. The van der Waals surface area contributed by atoms with Crippen LogP contribution in [0.5, 0.6) is 0 Å². The van der Waals surface area contributed by atoms with Gasteiger partial charge in [-0.2, -0.15) is 11.8 Å². The van der Waals surface area contributed by atoms with E-state index in [1.165, 1.54) is 13.0 Å². The van der Waals surface area contributed by atoms with Crippen molar-refractivity contribution in [2.24, 2.45) is 0 Å². The highest BCUT2D eigenvalue weighted by Gasteiger charge is 2.06. The van der Waals surface area contributed by atoms with Crippen LogP contribution >= 0.6 is 11.8 Å². The van der Waals surface area contributed by atoms with Crippen molar-refractivity contribution >= 4 is 11.8 Å². The molecule has 2 nitrogen and oxygen atoms in total. The summed E-state index contributed by atoms with van der Waals surface area (Å²) in [5.74, 6) is 1.92. The van der Waals surface area contributed by atoms with Crippen LogP contribution in [0.1, 0.15) is 31.9 Å². The molecule has 0 bridgehead atoms. The summed E-state index contributed by atoms with van der Waals surface area (Å²) in [6.45, 7) is 7.84. The lowest BCUT2D eigenvalue weighted by atomic mass is 10.1. The number of hydrogen-bond donors (Lipinski definition) is 1.